The molecule has 1 aliphatic carbocycles. The maximum Gasteiger partial charge on any atom is 0.251 e. The number of rotatable bonds is 7. The zero-order valence-electron chi connectivity index (χ0n) is 19.4. The molecule has 1 aromatic carbocycles. The topological polar surface area (TPSA) is 79.0 Å². The first-order valence-electron chi connectivity index (χ1n) is 10.5. The molecule has 1 aliphatic heterocycles. The van der Waals surface area contributed by atoms with Gasteiger partial charge >= 0.3 is 0 Å². The lowest BCUT2D eigenvalue weighted by Gasteiger charge is -2.59. The van der Waals surface area contributed by atoms with Crippen LogP contribution in [0.3, 0.4) is 0 Å². The predicted molar refractivity (Wildman–Crippen MR) is 121 cm³/mol. The van der Waals surface area contributed by atoms with Crippen molar-refractivity contribution in [3.05, 3.63) is 34.6 Å². The molecule has 2 aliphatic rings. The van der Waals surface area contributed by atoms with Crippen LogP contribution >= 0.6 is 11.6 Å². The van der Waals surface area contributed by atoms with E-state index in [1.54, 1.807) is 35.1 Å². The molecule has 0 radical (unpaired) electrons. The minimum Gasteiger partial charge on any atom is -0.388 e. The third kappa shape index (κ3) is 6.49. The molecular weight excluding hydrogens is 437 g/mol. The number of hydrogen-bond donors (Lipinski definition) is 1. The van der Waals surface area contributed by atoms with E-state index in [2.05, 4.69) is 15.0 Å². The highest BCUT2D eigenvalue weighted by Gasteiger charge is 2.52. The zero-order chi connectivity index (χ0) is 24.1. The highest BCUT2D eigenvalue weighted by atomic mass is 35.5. The summed E-state index contributed by atoms with van der Waals surface area (Å²) >= 11 is 5.79. The number of likely N-dealkylation sites (N-methyl/N-ethyl adjacent to an activating group) is 1. The second-order valence-corrected chi connectivity index (χ2v) is 9.86. The van der Waals surface area contributed by atoms with Crippen molar-refractivity contribution < 1.29 is 23.5 Å². The van der Waals surface area contributed by atoms with Gasteiger partial charge in [-0.05, 0) is 56.2 Å². The number of carbonyl (C=O) groups excluding carboxylic acids is 3. The van der Waals surface area contributed by atoms with E-state index in [1.165, 1.54) is 23.1 Å². The number of hydrogen-bond acceptors (Lipinski definition) is 5. The number of likely N-dealkylation sites (tertiary alicyclic amines) is 1. The van der Waals surface area contributed by atoms with Crippen molar-refractivity contribution >= 4 is 29.7 Å². The van der Waals surface area contributed by atoms with Crippen molar-refractivity contribution in [3.63, 3.8) is 0 Å². The van der Waals surface area contributed by atoms with Gasteiger partial charge in [-0.1, -0.05) is 11.6 Å². The number of amides is 2. The molecule has 0 atom stereocenters. The summed E-state index contributed by atoms with van der Waals surface area (Å²) < 4.78 is 17.6. The van der Waals surface area contributed by atoms with Crippen molar-refractivity contribution in [1.29, 1.82) is 0 Å². The molecule has 0 bridgehead atoms. The van der Waals surface area contributed by atoms with Gasteiger partial charge in [0.25, 0.3) is 5.91 Å². The van der Waals surface area contributed by atoms with Crippen molar-refractivity contribution in [3.8, 4) is 0 Å². The molecule has 1 aromatic rings. The summed E-state index contributed by atoms with van der Waals surface area (Å²) in [7, 11) is 4.90. The maximum atomic E-state index is 13.4. The summed E-state index contributed by atoms with van der Waals surface area (Å²) in [5, 5.41) is 3.05. The summed E-state index contributed by atoms with van der Waals surface area (Å²) in [5.41, 5.74) is -0.346. The smallest absolute Gasteiger partial charge is 0.251 e. The lowest BCUT2D eigenvalue weighted by molar-refractivity contribution is -0.146. The molecular formula is C23H33ClFN3O4. The molecule has 178 valence electrons. The van der Waals surface area contributed by atoms with E-state index >= 15 is 0 Å². The van der Waals surface area contributed by atoms with E-state index in [0.29, 0.717) is 19.0 Å². The molecule has 0 unspecified atom stereocenters. The summed E-state index contributed by atoms with van der Waals surface area (Å²) in [6, 6.07) is 3.79. The first-order valence-corrected chi connectivity index (χ1v) is 10.9. The van der Waals surface area contributed by atoms with E-state index in [1.807, 2.05) is 0 Å². The van der Waals surface area contributed by atoms with Crippen LogP contribution in [0.5, 0.6) is 0 Å². The van der Waals surface area contributed by atoms with Gasteiger partial charge in [-0.25, -0.2) is 4.39 Å². The number of aldehydes is 1. The monoisotopic (exact) mass is 469 g/mol. The lowest BCUT2D eigenvalue weighted by Crippen LogP contribution is -2.65. The van der Waals surface area contributed by atoms with Crippen LogP contribution in [0.1, 0.15) is 37.0 Å². The van der Waals surface area contributed by atoms with Gasteiger partial charge in [0.05, 0.1) is 12.1 Å². The Morgan fingerprint density at radius 3 is 2.44 bits per heavy atom. The number of nitrogens with zero attached hydrogens (tertiary/aromatic N) is 2. The SMILES string of the molecule is CN(C(=O)CN1CC2(CC(CNC(=O)c3cc(F)cc(Cl)c3)C2)C1)C(C)(C)C=O.COC. The van der Waals surface area contributed by atoms with Crippen LogP contribution in [0.4, 0.5) is 4.39 Å². The molecule has 9 heteroatoms. The van der Waals surface area contributed by atoms with Gasteiger partial charge < -0.3 is 19.7 Å². The van der Waals surface area contributed by atoms with Gasteiger partial charge in [-0.15, -0.1) is 0 Å². The molecule has 1 saturated carbocycles. The van der Waals surface area contributed by atoms with E-state index in [9.17, 15) is 18.8 Å². The first kappa shape index (κ1) is 26.2. The lowest BCUT2D eigenvalue weighted by atomic mass is 9.57. The Bertz CT molecular complexity index is 814. The number of carbonyl (C=O) groups is 3. The van der Waals surface area contributed by atoms with Gasteiger partial charge in [0.1, 0.15) is 12.1 Å². The van der Waals surface area contributed by atoms with Gasteiger partial charge in [0, 0.05) is 51.5 Å². The van der Waals surface area contributed by atoms with Gasteiger partial charge in [0.2, 0.25) is 5.91 Å². The fourth-order valence-electron chi connectivity index (χ4n) is 4.30. The predicted octanol–water partition coefficient (Wildman–Crippen LogP) is 2.62. The van der Waals surface area contributed by atoms with Crippen LogP contribution in [0.25, 0.3) is 0 Å². The molecule has 1 saturated heterocycles. The fraction of sp³-hybridized carbons (Fsp3) is 0.609. The Morgan fingerprint density at radius 2 is 1.91 bits per heavy atom. The molecule has 0 aromatic heterocycles. The van der Waals surface area contributed by atoms with E-state index in [-0.39, 0.29) is 27.8 Å². The van der Waals surface area contributed by atoms with E-state index < -0.39 is 11.4 Å². The Kier molecular flexibility index (Phi) is 8.79. The van der Waals surface area contributed by atoms with Crippen LogP contribution in [-0.2, 0) is 14.3 Å². The minimum atomic E-state index is -0.800. The first-order chi connectivity index (χ1) is 14.9. The van der Waals surface area contributed by atoms with Crippen molar-refractivity contribution in [2.75, 3.05) is 47.4 Å². The minimum absolute atomic E-state index is 0.0613. The summed E-state index contributed by atoms with van der Waals surface area (Å²) in [6.45, 7) is 6.02. The molecule has 1 spiro atoms. The van der Waals surface area contributed by atoms with Gasteiger partial charge in [-0.3, -0.25) is 14.5 Å². The second kappa shape index (κ2) is 10.7. The van der Waals surface area contributed by atoms with Crippen LogP contribution in [0.2, 0.25) is 5.02 Å². The molecule has 2 fully saturated rings. The largest absolute Gasteiger partial charge is 0.388 e. The molecule has 1 heterocycles. The van der Waals surface area contributed by atoms with Crippen LogP contribution in [0, 0.1) is 17.2 Å². The third-order valence-corrected chi connectivity index (χ3v) is 6.34. The third-order valence-electron chi connectivity index (χ3n) is 6.12. The molecule has 3 rings (SSSR count). The maximum absolute atomic E-state index is 13.4. The Balaban J connectivity index is 0.00000114. The van der Waals surface area contributed by atoms with Gasteiger partial charge in [-0.2, -0.15) is 0 Å². The Morgan fingerprint density at radius 1 is 1.31 bits per heavy atom. The standard InChI is InChI=1S/C21H27ClFN3O3.C2H6O/c1-20(2,13-27)25(3)18(28)10-26-11-21(12-26)7-14(8-21)9-24-19(29)15-4-16(22)6-17(23)5-15;1-3-2/h4-6,13-14H,7-12H2,1-3H3,(H,24,29);1-2H3. The van der Waals surface area contributed by atoms with Crippen LogP contribution in [-0.4, -0.2) is 80.9 Å². The van der Waals surface area contributed by atoms with E-state index in [0.717, 1.165) is 32.2 Å². The van der Waals surface area contributed by atoms with Crippen LogP contribution in [0.15, 0.2) is 18.2 Å². The fourth-order valence-corrected chi connectivity index (χ4v) is 4.53. The summed E-state index contributed by atoms with van der Waals surface area (Å²) in [4.78, 5) is 39.2. The number of ether oxygens (including phenoxy) is 1. The number of halogens is 2. The number of nitrogens with one attached hydrogen (secondary N) is 1. The van der Waals surface area contributed by atoms with Gasteiger partial charge in [0.15, 0.2) is 0 Å². The average Bonchev–Trinajstić information content (AvgIpc) is 2.66. The molecule has 1 N–H and O–H groups in total. The van der Waals surface area contributed by atoms with Crippen LogP contribution < -0.4 is 5.32 Å². The quantitative estimate of drug-likeness (QED) is 0.621. The Labute approximate surface area is 194 Å². The molecule has 7 nitrogen and oxygen atoms in total. The number of benzene rings is 1. The average molecular weight is 470 g/mol. The second-order valence-electron chi connectivity index (χ2n) is 9.42. The summed E-state index contributed by atoms with van der Waals surface area (Å²) in [5.74, 6) is -0.531. The zero-order valence-corrected chi connectivity index (χ0v) is 20.2. The molecule has 32 heavy (non-hydrogen) atoms. The Hall–Kier alpha value is -2.03. The highest BCUT2D eigenvalue weighted by molar-refractivity contribution is 6.31. The summed E-state index contributed by atoms with van der Waals surface area (Å²) in [6.07, 6.45) is 2.78. The highest BCUT2D eigenvalue weighted by Crippen LogP contribution is 2.51. The normalized spacial score (nSPS) is 17.5. The van der Waals surface area contributed by atoms with E-state index in [4.69, 9.17) is 11.6 Å². The molecule has 2 amide bonds. The van der Waals surface area contributed by atoms with Crippen molar-refractivity contribution in [1.82, 2.24) is 15.1 Å². The van der Waals surface area contributed by atoms with Crippen molar-refractivity contribution in [2.45, 2.75) is 32.2 Å². The van der Waals surface area contributed by atoms with Crippen molar-refractivity contribution in [2.24, 2.45) is 11.3 Å². The number of methoxy groups -OCH3 is 1.